The Morgan fingerprint density at radius 2 is 2.23 bits per heavy atom. The molecule has 0 aliphatic carbocycles. The van der Waals surface area contributed by atoms with Crippen molar-refractivity contribution >= 4 is 5.91 Å². The maximum Gasteiger partial charge on any atom is 0.251 e. The molecule has 1 aliphatic rings. The Labute approximate surface area is 173 Å². The van der Waals surface area contributed by atoms with Crippen LogP contribution in [0.2, 0.25) is 0 Å². The number of hydrogen-bond acceptors (Lipinski definition) is 5. The number of benzene rings is 2. The van der Waals surface area contributed by atoms with Crippen LogP contribution in [0.25, 0.3) is 11.3 Å². The van der Waals surface area contributed by atoms with E-state index in [0.29, 0.717) is 41.3 Å². The molecule has 0 saturated carbocycles. The molecule has 1 atom stereocenters. The first-order chi connectivity index (χ1) is 14.6. The summed E-state index contributed by atoms with van der Waals surface area (Å²) in [5.74, 6) is 0.574. The largest absolute Gasteiger partial charge is 0.490 e. The first-order valence-electron chi connectivity index (χ1n) is 9.51. The van der Waals surface area contributed by atoms with Gasteiger partial charge in [0.25, 0.3) is 5.91 Å². The molecule has 2 aromatic carbocycles. The van der Waals surface area contributed by atoms with E-state index in [1.54, 1.807) is 48.9 Å². The predicted molar refractivity (Wildman–Crippen MR) is 110 cm³/mol. The number of nitrogens with one attached hydrogen (secondary N) is 1. The van der Waals surface area contributed by atoms with E-state index in [0.717, 1.165) is 5.56 Å². The van der Waals surface area contributed by atoms with E-state index in [-0.39, 0.29) is 24.4 Å². The molecule has 1 N–H and O–H groups in total. The van der Waals surface area contributed by atoms with Crippen molar-refractivity contribution < 1.29 is 18.7 Å². The Kier molecular flexibility index (Phi) is 5.70. The molecule has 0 bridgehead atoms. The monoisotopic (exact) mass is 405 g/mol. The fraction of sp³-hybridized carbons (Fsp3) is 0.174. The van der Waals surface area contributed by atoms with Crippen molar-refractivity contribution in [2.45, 2.75) is 12.5 Å². The van der Waals surface area contributed by atoms with Crippen molar-refractivity contribution in [1.82, 2.24) is 15.3 Å². The van der Waals surface area contributed by atoms with Crippen LogP contribution in [0.15, 0.2) is 67.6 Å². The van der Waals surface area contributed by atoms with Gasteiger partial charge in [0, 0.05) is 35.5 Å². The van der Waals surface area contributed by atoms with Crippen LogP contribution in [-0.2, 0) is 6.42 Å². The van der Waals surface area contributed by atoms with Gasteiger partial charge in [0.05, 0.1) is 18.4 Å². The summed E-state index contributed by atoms with van der Waals surface area (Å²) in [7, 11) is 0. The van der Waals surface area contributed by atoms with E-state index in [2.05, 4.69) is 21.9 Å². The number of halogens is 1. The highest BCUT2D eigenvalue weighted by Gasteiger charge is 2.28. The SMILES string of the molecule is C=CCOc1cccc(C(=O)NCC2Cc3cc(F)cc(-c4cnccn4)c3O2)c1. The predicted octanol–water partition coefficient (Wildman–Crippen LogP) is 3.58. The number of carbonyl (C=O) groups is 1. The lowest BCUT2D eigenvalue weighted by Crippen LogP contribution is -2.34. The Bertz CT molecular complexity index is 1070. The second kappa shape index (κ2) is 8.73. The minimum absolute atomic E-state index is 0.237. The van der Waals surface area contributed by atoms with Crippen LogP contribution in [-0.4, -0.2) is 35.1 Å². The Morgan fingerprint density at radius 1 is 1.33 bits per heavy atom. The van der Waals surface area contributed by atoms with Gasteiger partial charge in [-0.25, -0.2) is 4.39 Å². The standard InChI is InChI=1S/C23H20FN3O3/c1-2-8-29-18-5-3-4-15(10-18)23(28)27-13-19-11-16-9-17(24)12-20(22(16)30-19)21-14-25-6-7-26-21/h2-7,9-10,12,14,19H,1,8,11,13H2,(H,27,28). The van der Waals surface area contributed by atoms with Crippen LogP contribution in [0.5, 0.6) is 11.5 Å². The zero-order chi connectivity index (χ0) is 20.9. The summed E-state index contributed by atoms with van der Waals surface area (Å²) < 4.78 is 25.6. The number of nitrogens with zero attached hydrogens (tertiary/aromatic N) is 2. The van der Waals surface area contributed by atoms with Gasteiger partial charge in [0.1, 0.15) is 30.0 Å². The highest BCUT2D eigenvalue weighted by molar-refractivity contribution is 5.94. The summed E-state index contributed by atoms with van der Waals surface area (Å²) in [6, 6.07) is 9.76. The van der Waals surface area contributed by atoms with Crippen molar-refractivity contribution in [1.29, 1.82) is 0 Å². The highest BCUT2D eigenvalue weighted by Crippen LogP contribution is 2.38. The van der Waals surface area contributed by atoms with Gasteiger partial charge in [-0.3, -0.25) is 14.8 Å². The number of hydrogen-bond donors (Lipinski definition) is 1. The van der Waals surface area contributed by atoms with Gasteiger partial charge in [-0.1, -0.05) is 18.7 Å². The third-order valence-electron chi connectivity index (χ3n) is 4.66. The summed E-state index contributed by atoms with van der Waals surface area (Å²) in [5.41, 5.74) is 2.32. The van der Waals surface area contributed by atoms with Crippen molar-refractivity contribution in [3.05, 3.63) is 84.6 Å². The van der Waals surface area contributed by atoms with Crippen LogP contribution in [0.1, 0.15) is 15.9 Å². The fourth-order valence-corrected chi connectivity index (χ4v) is 3.33. The molecule has 2 heterocycles. The van der Waals surface area contributed by atoms with Gasteiger partial charge in [-0.2, -0.15) is 0 Å². The van der Waals surface area contributed by atoms with Crippen LogP contribution < -0.4 is 14.8 Å². The zero-order valence-corrected chi connectivity index (χ0v) is 16.2. The van der Waals surface area contributed by atoms with E-state index < -0.39 is 0 Å². The van der Waals surface area contributed by atoms with E-state index >= 15 is 0 Å². The molecule has 0 fully saturated rings. The van der Waals surface area contributed by atoms with Crippen LogP contribution in [0.3, 0.4) is 0 Å². The quantitative estimate of drug-likeness (QED) is 0.609. The lowest BCUT2D eigenvalue weighted by atomic mass is 10.0. The number of aromatic nitrogens is 2. The minimum atomic E-state index is -0.362. The molecule has 4 rings (SSSR count). The maximum absolute atomic E-state index is 14.1. The lowest BCUT2D eigenvalue weighted by Gasteiger charge is -2.14. The molecule has 152 valence electrons. The number of carbonyl (C=O) groups excluding carboxylic acids is 1. The molecule has 1 amide bonds. The van der Waals surface area contributed by atoms with Gasteiger partial charge >= 0.3 is 0 Å². The summed E-state index contributed by atoms with van der Waals surface area (Å²) in [6.45, 7) is 4.26. The Hall–Kier alpha value is -3.74. The van der Waals surface area contributed by atoms with Gasteiger partial charge in [0.2, 0.25) is 0 Å². The summed E-state index contributed by atoms with van der Waals surface area (Å²) in [4.78, 5) is 20.8. The van der Waals surface area contributed by atoms with Gasteiger partial charge in [0.15, 0.2) is 0 Å². The smallest absolute Gasteiger partial charge is 0.251 e. The first-order valence-corrected chi connectivity index (χ1v) is 9.51. The van der Waals surface area contributed by atoms with Gasteiger partial charge in [-0.15, -0.1) is 0 Å². The molecule has 1 aliphatic heterocycles. The van der Waals surface area contributed by atoms with Crippen LogP contribution in [0, 0.1) is 5.82 Å². The molecule has 0 saturated heterocycles. The average Bonchev–Trinajstić information content (AvgIpc) is 3.19. The molecule has 6 nitrogen and oxygen atoms in total. The van der Waals surface area contributed by atoms with E-state index in [1.165, 1.54) is 12.1 Å². The molecule has 1 aromatic heterocycles. The third kappa shape index (κ3) is 4.30. The number of fused-ring (bicyclic) bond motifs is 1. The molecule has 0 radical (unpaired) electrons. The first kappa shape index (κ1) is 19.6. The molecule has 0 spiro atoms. The number of ether oxygens (including phenoxy) is 2. The summed E-state index contributed by atoms with van der Waals surface area (Å²) in [6.07, 6.45) is 6.49. The molecule has 7 heteroatoms. The van der Waals surface area contributed by atoms with Crippen molar-refractivity contribution in [3.63, 3.8) is 0 Å². The van der Waals surface area contributed by atoms with Crippen molar-refractivity contribution in [2.24, 2.45) is 0 Å². The maximum atomic E-state index is 14.1. The van der Waals surface area contributed by atoms with E-state index in [1.807, 2.05) is 0 Å². The van der Waals surface area contributed by atoms with E-state index in [9.17, 15) is 9.18 Å². The number of amides is 1. The van der Waals surface area contributed by atoms with Crippen LogP contribution >= 0.6 is 0 Å². The summed E-state index contributed by atoms with van der Waals surface area (Å²) >= 11 is 0. The minimum Gasteiger partial charge on any atom is -0.490 e. The van der Waals surface area contributed by atoms with E-state index in [4.69, 9.17) is 9.47 Å². The molecule has 30 heavy (non-hydrogen) atoms. The highest BCUT2D eigenvalue weighted by atomic mass is 19.1. The third-order valence-corrected chi connectivity index (χ3v) is 4.66. The van der Waals surface area contributed by atoms with Crippen molar-refractivity contribution in [2.75, 3.05) is 13.2 Å². The molecular formula is C23H20FN3O3. The lowest BCUT2D eigenvalue weighted by molar-refractivity contribution is 0.0933. The second-order valence-electron chi connectivity index (χ2n) is 6.81. The topological polar surface area (TPSA) is 73.3 Å². The number of rotatable bonds is 7. The normalized spacial score (nSPS) is 14.5. The zero-order valence-electron chi connectivity index (χ0n) is 16.2. The van der Waals surface area contributed by atoms with Crippen molar-refractivity contribution in [3.8, 4) is 22.8 Å². The Balaban J connectivity index is 1.43. The Morgan fingerprint density at radius 3 is 3.03 bits per heavy atom. The fourth-order valence-electron chi connectivity index (χ4n) is 3.33. The molecular weight excluding hydrogens is 385 g/mol. The summed E-state index contributed by atoms with van der Waals surface area (Å²) in [5, 5.41) is 2.87. The average molecular weight is 405 g/mol. The van der Waals surface area contributed by atoms with Gasteiger partial charge in [-0.05, 0) is 30.3 Å². The van der Waals surface area contributed by atoms with Gasteiger partial charge < -0.3 is 14.8 Å². The second-order valence-corrected chi connectivity index (χ2v) is 6.81. The molecule has 3 aromatic rings. The van der Waals surface area contributed by atoms with Crippen LogP contribution in [0.4, 0.5) is 4.39 Å². The molecule has 1 unspecified atom stereocenters.